The van der Waals surface area contributed by atoms with Gasteiger partial charge in [0.1, 0.15) is 0 Å². The summed E-state index contributed by atoms with van der Waals surface area (Å²) in [4.78, 5) is 38.0. The third kappa shape index (κ3) is 3.68. The summed E-state index contributed by atoms with van der Waals surface area (Å²) in [5.41, 5.74) is 1.16. The number of alkyl halides is 3. The first-order chi connectivity index (χ1) is 14.7. The zero-order valence-electron chi connectivity index (χ0n) is 16.2. The molecule has 156 valence electrons. The quantitative estimate of drug-likeness (QED) is 0.612. The number of nitrogens with zero attached hydrogens (tertiary/aromatic N) is 1. The van der Waals surface area contributed by atoms with Crippen molar-refractivity contribution in [1.29, 1.82) is 0 Å². The second-order valence-electron chi connectivity index (χ2n) is 7.00. The second kappa shape index (κ2) is 7.39. The number of hydrogen-bond acceptors (Lipinski definition) is 3. The van der Waals surface area contributed by atoms with Crippen molar-refractivity contribution in [3.63, 3.8) is 0 Å². The van der Waals surface area contributed by atoms with Gasteiger partial charge < -0.3 is 5.32 Å². The Kier molecular flexibility index (Phi) is 4.85. The number of benzene rings is 3. The van der Waals surface area contributed by atoms with Crippen LogP contribution in [0.3, 0.4) is 0 Å². The summed E-state index contributed by atoms with van der Waals surface area (Å²) in [6.45, 7) is 0. The minimum absolute atomic E-state index is 0.196. The minimum Gasteiger partial charge on any atom is -0.322 e. The topological polar surface area (TPSA) is 66.5 Å². The normalized spacial score (nSPS) is 13.4. The largest absolute Gasteiger partial charge is 0.416 e. The first-order valence-corrected chi connectivity index (χ1v) is 9.21. The number of hydrogen-bond donors (Lipinski definition) is 1. The number of amides is 3. The lowest BCUT2D eigenvalue weighted by Crippen LogP contribution is -2.24. The van der Waals surface area contributed by atoms with Gasteiger partial charge in [0.15, 0.2) is 0 Å². The van der Waals surface area contributed by atoms with E-state index in [1.165, 1.54) is 37.4 Å². The van der Waals surface area contributed by atoms with Crippen molar-refractivity contribution in [2.45, 2.75) is 6.18 Å². The Hall–Kier alpha value is -3.94. The molecular weight excluding hydrogens is 409 g/mol. The average molecular weight is 424 g/mol. The van der Waals surface area contributed by atoms with Gasteiger partial charge in [0.25, 0.3) is 17.7 Å². The number of fused-ring (bicyclic) bond motifs is 1. The van der Waals surface area contributed by atoms with Gasteiger partial charge in [-0.2, -0.15) is 13.2 Å². The lowest BCUT2D eigenvalue weighted by Gasteiger charge is -2.12. The maximum Gasteiger partial charge on any atom is 0.416 e. The van der Waals surface area contributed by atoms with E-state index in [1.54, 1.807) is 24.3 Å². The van der Waals surface area contributed by atoms with E-state index in [-0.39, 0.29) is 16.7 Å². The lowest BCUT2D eigenvalue weighted by atomic mass is 9.98. The first kappa shape index (κ1) is 20.3. The Morgan fingerprint density at radius 3 is 2.16 bits per heavy atom. The summed E-state index contributed by atoms with van der Waals surface area (Å²) in [5.74, 6) is -1.37. The van der Waals surface area contributed by atoms with Crippen molar-refractivity contribution >= 4 is 23.4 Å². The maximum absolute atomic E-state index is 12.9. The molecule has 1 heterocycles. The summed E-state index contributed by atoms with van der Waals surface area (Å²) in [6.07, 6.45) is -4.45. The third-order valence-electron chi connectivity index (χ3n) is 5.04. The molecule has 0 atom stereocenters. The van der Waals surface area contributed by atoms with Crippen LogP contribution in [0.5, 0.6) is 0 Å². The van der Waals surface area contributed by atoms with E-state index in [0.29, 0.717) is 16.8 Å². The second-order valence-corrected chi connectivity index (χ2v) is 7.00. The third-order valence-corrected chi connectivity index (χ3v) is 5.04. The zero-order chi connectivity index (χ0) is 22.3. The molecule has 0 unspecified atom stereocenters. The first-order valence-electron chi connectivity index (χ1n) is 9.21. The van der Waals surface area contributed by atoms with Gasteiger partial charge in [0.2, 0.25) is 0 Å². The van der Waals surface area contributed by atoms with Crippen LogP contribution in [-0.4, -0.2) is 29.7 Å². The highest BCUT2D eigenvalue weighted by Gasteiger charge is 2.33. The van der Waals surface area contributed by atoms with Gasteiger partial charge in [0.05, 0.1) is 16.7 Å². The molecule has 5 nitrogen and oxygen atoms in total. The maximum atomic E-state index is 12.9. The highest BCUT2D eigenvalue weighted by Crippen LogP contribution is 2.32. The number of carbonyl (C=O) groups excluding carboxylic acids is 3. The van der Waals surface area contributed by atoms with Crippen LogP contribution in [0.1, 0.15) is 36.6 Å². The van der Waals surface area contributed by atoms with Crippen molar-refractivity contribution in [2.75, 3.05) is 12.4 Å². The number of halogens is 3. The van der Waals surface area contributed by atoms with Gasteiger partial charge in [-0.3, -0.25) is 19.3 Å². The fourth-order valence-electron chi connectivity index (χ4n) is 3.41. The molecule has 31 heavy (non-hydrogen) atoms. The number of carbonyl (C=O) groups is 3. The molecule has 3 amide bonds. The predicted octanol–water partition coefficient (Wildman–Crippen LogP) is 4.85. The molecule has 8 heteroatoms. The van der Waals surface area contributed by atoms with Crippen LogP contribution in [-0.2, 0) is 6.18 Å². The van der Waals surface area contributed by atoms with Gasteiger partial charge in [-0.05, 0) is 47.5 Å². The van der Waals surface area contributed by atoms with Gasteiger partial charge in [-0.1, -0.05) is 30.3 Å². The van der Waals surface area contributed by atoms with Crippen LogP contribution >= 0.6 is 0 Å². The molecule has 0 aliphatic carbocycles. The molecule has 0 aromatic heterocycles. The molecule has 1 aliphatic rings. The van der Waals surface area contributed by atoms with Crippen LogP contribution in [0.2, 0.25) is 0 Å². The van der Waals surface area contributed by atoms with E-state index in [4.69, 9.17) is 0 Å². The summed E-state index contributed by atoms with van der Waals surface area (Å²) >= 11 is 0. The average Bonchev–Trinajstić information content (AvgIpc) is 2.97. The molecular formula is C23H15F3N2O3. The Labute approximate surface area is 175 Å². The highest BCUT2D eigenvalue weighted by atomic mass is 19.4. The molecule has 1 N–H and O–H groups in total. The van der Waals surface area contributed by atoms with Crippen LogP contribution in [0.15, 0.2) is 66.7 Å². The number of anilines is 1. The van der Waals surface area contributed by atoms with Gasteiger partial charge >= 0.3 is 6.18 Å². The molecule has 3 aromatic rings. The molecule has 0 spiro atoms. The van der Waals surface area contributed by atoms with Crippen LogP contribution < -0.4 is 5.32 Å². The molecule has 0 bridgehead atoms. The van der Waals surface area contributed by atoms with Crippen LogP contribution in [0.25, 0.3) is 11.1 Å². The van der Waals surface area contributed by atoms with Gasteiger partial charge in [-0.15, -0.1) is 0 Å². The Bertz CT molecular complexity index is 1220. The number of nitrogens with one attached hydrogen (secondary N) is 1. The highest BCUT2D eigenvalue weighted by molar-refractivity contribution is 6.21. The zero-order valence-corrected chi connectivity index (χ0v) is 16.2. The van der Waals surface area contributed by atoms with E-state index >= 15 is 0 Å². The summed E-state index contributed by atoms with van der Waals surface area (Å²) in [7, 11) is 1.38. The molecule has 0 saturated heterocycles. The minimum atomic E-state index is -4.45. The van der Waals surface area contributed by atoms with Crippen molar-refractivity contribution < 1.29 is 27.6 Å². The number of imide groups is 1. The summed E-state index contributed by atoms with van der Waals surface area (Å²) < 4.78 is 38.5. The van der Waals surface area contributed by atoms with Crippen LogP contribution in [0, 0.1) is 0 Å². The lowest BCUT2D eigenvalue weighted by molar-refractivity contribution is -0.137. The molecule has 0 fully saturated rings. The monoisotopic (exact) mass is 424 g/mol. The van der Waals surface area contributed by atoms with E-state index in [9.17, 15) is 27.6 Å². The van der Waals surface area contributed by atoms with Crippen LogP contribution in [0.4, 0.5) is 18.9 Å². The fourth-order valence-corrected chi connectivity index (χ4v) is 3.41. The Balaban J connectivity index is 1.63. The van der Waals surface area contributed by atoms with Gasteiger partial charge in [0, 0.05) is 18.3 Å². The van der Waals surface area contributed by atoms with Crippen molar-refractivity contribution in [3.05, 3.63) is 89.0 Å². The molecule has 1 aliphatic heterocycles. The fraction of sp³-hybridized carbons (Fsp3) is 0.0870. The van der Waals surface area contributed by atoms with E-state index < -0.39 is 29.5 Å². The predicted molar refractivity (Wildman–Crippen MR) is 108 cm³/mol. The Morgan fingerprint density at radius 2 is 1.48 bits per heavy atom. The molecule has 4 rings (SSSR count). The van der Waals surface area contributed by atoms with E-state index in [2.05, 4.69) is 5.32 Å². The van der Waals surface area contributed by atoms with Crippen molar-refractivity contribution in [2.24, 2.45) is 0 Å². The Morgan fingerprint density at radius 1 is 0.839 bits per heavy atom. The summed E-state index contributed by atoms with van der Waals surface area (Å²) in [5, 5.41) is 2.68. The van der Waals surface area contributed by atoms with Crippen molar-refractivity contribution in [1.82, 2.24) is 4.90 Å². The van der Waals surface area contributed by atoms with E-state index in [0.717, 1.165) is 17.0 Å². The van der Waals surface area contributed by atoms with Crippen molar-refractivity contribution in [3.8, 4) is 11.1 Å². The SMILES string of the molecule is CN1C(=O)c2ccc(NC(=O)c3ccccc3-c3ccc(C(F)(F)F)cc3)cc2C1=O. The van der Waals surface area contributed by atoms with E-state index in [1.807, 2.05) is 0 Å². The van der Waals surface area contributed by atoms with Gasteiger partial charge in [-0.25, -0.2) is 0 Å². The standard InChI is InChI=1S/C23H15F3N2O3/c1-28-21(30)18-11-10-15(12-19(18)22(28)31)27-20(29)17-5-3-2-4-16(17)13-6-8-14(9-7-13)23(24,25)26/h2-12H,1H3,(H,27,29). The summed E-state index contributed by atoms with van der Waals surface area (Å²) in [6, 6.07) is 15.5. The smallest absolute Gasteiger partial charge is 0.322 e. The molecule has 3 aromatic carbocycles. The molecule has 0 saturated carbocycles. The number of rotatable bonds is 3. The molecule has 0 radical (unpaired) electrons.